The molecule has 1 amide bonds. The number of nitrogens with one attached hydrogen (secondary N) is 1. The molecular formula is C17H24N2O2. The first-order valence-electron chi connectivity index (χ1n) is 7.99. The molecule has 2 atom stereocenters. The van der Waals surface area contributed by atoms with E-state index in [1.54, 1.807) is 0 Å². The van der Waals surface area contributed by atoms with Crippen LogP contribution in [0.15, 0.2) is 24.3 Å². The van der Waals surface area contributed by atoms with Crippen LogP contribution in [-0.2, 0) is 4.79 Å². The van der Waals surface area contributed by atoms with Crippen molar-refractivity contribution in [3.05, 3.63) is 24.3 Å². The van der Waals surface area contributed by atoms with Crippen LogP contribution >= 0.6 is 0 Å². The van der Waals surface area contributed by atoms with Crippen LogP contribution in [0.4, 0.5) is 5.69 Å². The number of carbonyl (C=O) groups is 1. The van der Waals surface area contributed by atoms with Gasteiger partial charge in [-0.1, -0.05) is 6.42 Å². The highest BCUT2D eigenvalue weighted by atomic mass is 16.5. The maximum atomic E-state index is 12.1. The summed E-state index contributed by atoms with van der Waals surface area (Å²) >= 11 is 0. The SMILES string of the molecule is CCOc1ccc(NC(=O)CN2CC3CCCC3C2)cc1. The van der Waals surface area contributed by atoms with Crippen molar-refractivity contribution in [2.75, 3.05) is 31.6 Å². The Balaban J connectivity index is 1.47. The molecule has 1 N–H and O–H groups in total. The van der Waals surface area contributed by atoms with Crippen LogP contribution in [0.25, 0.3) is 0 Å². The number of nitrogens with zero attached hydrogens (tertiary/aromatic N) is 1. The second-order valence-corrected chi connectivity index (χ2v) is 6.15. The van der Waals surface area contributed by atoms with Gasteiger partial charge in [0.1, 0.15) is 5.75 Å². The number of carbonyl (C=O) groups excluding carboxylic acids is 1. The molecule has 0 radical (unpaired) electrons. The zero-order chi connectivity index (χ0) is 14.7. The minimum Gasteiger partial charge on any atom is -0.494 e. The molecule has 1 saturated heterocycles. The molecule has 2 aliphatic rings. The Morgan fingerprint density at radius 1 is 1.24 bits per heavy atom. The lowest BCUT2D eigenvalue weighted by molar-refractivity contribution is -0.117. The van der Waals surface area contributed by atoms with E-state index in [1.807, 2.05) is 31.2 Å². The largest absolute Gasteiger partial charge is 0.494 e. The summed E-state index contributed by atoms with van der Waals surface area (Å²) in [7, 11) is 0. The van der Waals surface area contributed by atoms with Crippen LogP contribution < -0.4 is 10.1 Å². The Morgan fingerprint density at radius 3 is 2.52 bits per heavy atom. The smallest absolute Gasteiger partial charge is 0.238 e. The van der Waals surface area contributed by atoms with E-state index in [4.69, 9.17) is 4.74 Å². The summed E-state index contributed by atoms with van der Waals surface area (Å²) in [6.45, 7) is 5.33. The Hall–Kier alpha value is -1.55. The molecule has 1 heterocycles. The fourth-order valence-corrected chi connectivity index (χ4v) is 3.67. The molecule has 1 aromatic carbocycles. The Kier molecular flexibility index (Phi) is 4.44. The van der Waals surface area contributed by atoms with Gasteiger partial charge in [0.2, 0.25) is 5.91 Å². The van der Waals surface area contributed by atoms with Gasteiger partial charge in [0.15, 0.2) is 0 Å². The molecule has 1 aliphatic heterocycles. The summed E-state index contributed by atoms with van der Waals surface area (Å²) in [4.78, 5) is 14.4. The van der Waals surface area contributed by atoms with Crippen LogP contribution in [0.5, 0.6) is 5.75 Å². The Bertz CT molecular complexity index is 474. The molecule has 1 aromatic rings. The van der Waals surface area contributed by atoms with E-state index in [1.165, 1.54) is 19.3 Å². The van der Waals surface area contributed by atoms with E-state index in [9.17, 15) is 4.79 Å². The quantitative estimate of drug-likeness (QED) is 0.906. The van der Waals surface area contributed by atoms with Gasteiger partial charge in [-0.25, -0.2) is 0 Å². The second kappa shape index (κ2) is 6.48. The van der Waals surface area contributed by atoms with Gasteiger partial charge in [-0.2, -0.15) is 0 Å². The molecular weight excluding hydrogens is 264 g/mol. The zero-order valence-corrected chi connectivity index (χ0v) is 12.7. The highest BCUT2D eigenvalue weighted by molar-refractivity contribution is 5.92. The zero-order valence-electron chi connectivity index (χ0n) is 12.7. The first-order chi connectivity index (χ1) is 10.2. The minimum atomic E-state index is 0.0825. The fraction of sp³-hybridized carbons (Fsp3) is 0.588. The van der Waals surface area contributed by atoms with Gasteiger partial charge in [0.05, 0.1) is 13.2 Å². The molecule has 2 unspecified atom stereocenters. The van der Waals surface area contributed by atoms with E-state index in [0.717, 1.165) is 36.4 Å². The summed E-state index contributed by atoms with van der Waals surface area (Å²) in [6.07, 6.45) is 4.07. The van der Waals surface area contributed by atoms with Gasteiger partial charge >= 0.3 is 0 Å². The monoisotopic (exact) mass is 288 g/mol. The Morgan fingerprint density at radius 2 is 1.90 bits per heavy atom. The van der Waals surface area contributed by atoms with Crippen molar-refractivity contribution in [1.29, 1.82) is 0 Å². The number of amides is 1. The first-order valence-corrected chi connectivity index (χ1v) is 7.99. The van der Waals surface area contributed by atoms with Gasteiger partial charge in [0.25, 0.3) is 0 Å². The molecule has 0 spiro atoms. The number of anilines is 1. The van der Waals surface area contributed by atoms with E-state index in [0.29, 0.717) is 13.2 Å². The molecule has 0 aromatic heterocycles. The molecule has 4 heteroatoms. The lowest BCUT2D eigenvalue weighted by atomic mass is 10.0. The van der Waals surface area contributed by atoms with Crippen LogP contribution in [0.1, 0.15) is 26.2 Å². The van der Waals surface area contributed by atoms with E-state index in [2.05, 4.69) is 10.2 Å². The van der Waals surface area contributed by atoms with E-state index >= 15 is 0 Å². The lowest BCUT2D eigenvalue weighted by Gasteiger charge is -2.16. The van der Waals surface area contributed by atoms with Crippen molar-refractivity contribution in [3.8, 4) is 5.75 Å². The molecule has 1 aliphatic carbocycles. The molecule has 114 valence electrons. The number of hydrogen-bond donors (Lipinski definition) is 1. The topological polar surface area (TPSA) is 41.6 Å². The van der Waals surface area contributed by atoms with Crippen molar-refractivity contribution in [3.63, 3.8) is 0 Å². The van der Waals surface area contributed by atoms with Crippen molar-refractivity contribution < 1.29 is 9.53 Å². The third-order valence-corrected chi connectivity index (χ3v) is 4.62. The first kappa shape index (κ1) is 14.4. The number of benzene rings is 1. The maximum Gasteiger partial charge on any atom is 0.238 e. The average molecular weight is 288 g/mol. The standard InChI is InChI=1S/C17H24N2O2/c1-2-21-16-8-6-15(7-9-16)18-17(20)12-19-10-13-4-3-5-14(13)11-19/h6-9,13-14H,2-5,10-12H2,1H3,(H,18,20). The molecule has 1 saturated carbocycles. The van der Waals surface area contributed by atoms with Crippen LogP contribution in [-0.4, -0.2) is 37.0 Å². The fourth-order valence-electron chi connectivity index (χ4n) is 3.67. The summed E-state index contributed by atoms with van der Waals surface area (Å²) in [5, 5.41) is 2.97. The minimum absolute atomic E-state index is 0.0825. The molecule has 21 heavy (non-hydrogen) atoms. The van der Waals surface area contributed by atoms with Crippen molar-refractivity contribution in [2.24, 2.45) is 11.8 Å². The Labute approximate surface area is 126 Å². The number of hydrogen-bond acceptors (Lipinski definition) is 3. The predicted molar refractivity (Wildman–Crippen MR) is 83.5 cm³/mol. The van der Waals surface area contributed by atoms with Gasteiger partial charge in [0, 0.05) is 18.8 Å². The third-order valence-electron chi connectivity index (χ3n) is 4.62. The van der Waals surface area contributed by atoms with E-state index in [-0.39, 0.29) is 5.91 Å². The second-order valence-electron chi connectivity index (χ2n) is 6.15. The molecule has 0 bridgehead atoms. The summed E-state index contributed by atoms with van der Waals surface area (Å²) < 4.78 is 5.39. The number of rotatable bonds is 5. The molecule has 2 fully saturated rings. The number of likely N-dealkylation sites (tertiary alicyclic amines) is 1. The van der Waals surface area contributed by atoms with Crippen molar-refractivity contribution in [2.45, 2.75) is 26.2 Å². The van der Waals surface area contributed by atoms with E-state index < -0.39 is 0 Å². The van der Waals surface area contributed by atoms with Gasteiger partial charge in [-0.05, 0) is 55.9 Å². The molecule has 4 nitrogen and oxygen atoms in total. The van der Waals surface area contributed by atoms with Crippen LogP contribution in [0, 0.1) is 11.8 Å². The number of fused-ring (bicyclic) bond motifs is 1. The third kappa shape index (κ3) is 3.56. The summed E-state index contributed by atoms with van der Waals surface area (Å²) in [5.41, 5.74) is 0.836. The summed E-state index contributed by atoms with van der Waals surface area (Å²) in [5.74, 6) is 2.59. The highest BCUT2D eigenvalue weighted by Crippen LogP contribution is 2.37. The van der Waals surface area contributed by atoms with Crippen molar-refractivity contribution >= 4 is 11.6 Å². The van der Waals surface area contributed by atoms with Crippen LogP contribution in [0.3, 0.4) is 0 Å². The maximum absolute atomic E-state index is 12.1. The van der Waals surface area contributed by atoms with Gasteiger partial charge in [-0.3, -0.25) is 9.69 Å². The predicted octanol–water partition coefficient (Wildman–Crippen LogP) is 2.76. The van der Waals surface area contributed by atoms with Crippen LogP contribution in [0.2, 0.25) is 0 Å². The lowest BCUT2D eigenvalue weighted by Crippen LogP contribution is -2.32. The van der Waals surface area contributed by atoms with Gasteiger partial charge < -0.3 is 10.1 Å². The van der Waals surface area contributed by atoms with Crippen molar-refractivity contribution in [1.82, 2.24) is 4.90 Å². The highest BCUT2D eigenvalue weighted by Gasteiger charge is 2.36. The number of ether oxygens (including phenoxy) is 1. The summed E-state index contributed by atoms with van der Waals surface area (Å²) in [6, 6.07) is 7.56. The van der Waals surface area contributed by atoms with Gasteiger partial charge in [-0.15, -0.1) is 0 Å². The molecule has 3 rings (SSSR count). The average Bonchev–Trinajstić information content (AvgIpc) is 3.02. The normalized spacial score (nSPS) is 24.8.